The number of nitrogens with zero attached hydrogens (tertiary/aromatic N) is 3. The van der Waals surface area contributed by atoms with Gasteiger partial charge in [-0.2, -0.15) is 5.10 Å². The summed E-state index contributed by atoms with van der Waals surface area (Å²) in [4.78, 5) is 4.25. The Morgan fingerprint density at radius 1 is 1.47 bits per heavy atom. The lowest BCUT2D eigenvalue weighted by Gasteiger charge is -2.13. The zero-order valence-corrected chi connectivity index (χ0v) is 10.9. The fraction of sp³-hybridized carbons (Fsp3) is 0.667. The van der Waals surface area contributed by atoms with Gasteiger partial charge in [0.05, 0.1) is 0 Å². The van der Waals surface area contributed by atoms with Gasteiger partial charge >= 0.3 is 0 Å². The molecule has 5 nitrogen and oxygen atoms in total. The number of hydrogen-bond donors (Lipinski definition) is 2. The van der Waals surface area contributed by atoms with E-state index >= 15 is 0 Å². The quantitative estimate of drug-likeness (QED) is 0.574. The predicted octanol–water partition coefficient (Wildman–Crippen LogP) is 1.08. The van der Waals surface area contributed by atoms with Gasteiger partial charge in [0.2, 0.25) is 0 Å². The maximum absolute atomic E-state index is 5.76. The molecule has 0 bridgehead atoms. The zero-order valence-electron chi connectivity index (χ0n) is 10.9. The van der Waals surface area contributed by atoms with Crippen molar-refractivity contribution in [2.24, 2.45) is 22.6 Å². The van der Waals surface area contributed by atoms with Crippen molar-refractivity contribution in [3.8, 4) is 0 Å². The molecule has 3 N–H and O–H groups in total. The minimum atomic E-state index is 0.461. The summed E-state index contributed by atoms with van der Waals surface area (Å²) >= 11 is 0. The fourth-order valence-corrected chi connectivity index (χ4v) is 1.41. The third-order valence-electron chi connectivity index (χ3n) is 2.32. The van der Waals surface area contributed by atoms with Gasteiger partial charge in [-0.3, -0.25) is 9.67 Å². The van der Waals surface area contributed by atoms with Crippen LogP contribution >= 0.6 is 0 Å². The highest BCUT2D eigenvalue weighted by molar-refractivity contribution is 5.77. The monoisotopic (exact) mass is 237 g/mol. The first kappa shape index (κ1) is 13.5. The average Bonchev–Trinajstić information content (AvgIpc) is 2.76. The van der Waals surface area contributed by atoms with Gasteiger partial charge in [-0.25, -0.2) is 0 Å². The molecule has 0 unspecified atom stereocenters. The molecule has 0 saturated heterocycles. The van der Waals surface area contributed by atoms with Gasteiger partial charge in [0, 0.05) is 32.0 Å². The van der Waals surface area contributed by atoms with E-state index in [0.717, 1.165) is 19.6 Å². The molecule has 96 valence electrons. The first-order valence-corrected chi connectivity index (χ1v) is 6.09. The second kappa shape index (κ2) is 6.93. The molecule has 1 atom stereocenters. The summed E-state index contributed by atoms with van der Waals surface area (Å²) in [6.07, 6.45) is 3.76. The average molecular weight is 237 g/mol. The maximum Gasteiger partial charge on any atom is 0.188 e. The minimum Gasteiger partial charge on any atom is -0.370 e. The highest BCUT2D eigenvalue weighted by atomic mass is 15.3. The smallest absolute Gasteiger partial charge is 0.188 e. The van der Waals surface area contributed by atoms with E-state index in [4.69, 9.17) is 5.73 Å². The van der Waals surface area contributed by atoms with Crippen LogP contribution < -0.4 is 11.1 Å². The summed E-state index contributed by atoms with van der Waals surface area (Å²) in [5.41, 5.74) is 5.76. The Kier molecular flexibility index (Phi) is 5.52. The SMILES string of the molecule is CC(C)CN=C(N)NC[C@H](C)Cn1cccn1. The van der Waals surface area contributed by atoms with Gasteiger partial charge in [-0.05, 0) is 17.9 Å². The molecule has 0 aliphatic carbocycles. The lowest BCUT2D eigenvalue weighted by atomic mass is 10.2. The normalized spacial score (nSPS) is 14.0. The van der Waals surface area contributed by atoms with Crippen molar-refractivity contribution < 1.29 is 0 Å². The van der Waals surface area contributed by atoms with Crippen LogP contribution in [0.5, 0.6) is 0 Å². The molecule has 1 aromatic rings. The van der Waals surface area contributed by atoms with Crippen molar-refractivity contribution in [1.29, 1.82) is 0 Å². The fourth-order valence-electron chi connectivity index (χ4n) is 1.41. The molecule has 1 heterocycles. The van der Waals surface area contributed by atoms with Crippen molar-refractivity contribution in [2.75, 3.05) is 13.1 Å². The molecule has 17 heavy (non-hydrogen) atoms. The molecule has 1 rings (SSSR count). The van der Waals surface area contributed by atoms with Crippen LogP contribution in [0.4, 0.5) is 0 Å². The molecule has 0 saturated carbocycles. The van der Waals surface area contributed by atoms with Crippen molar-refractivity contribution in [2.45, 2.75) is 27.3 Å². The van der Waals surface area contributed by atoms with Crippen LogP contribution in [-0.2, 0) is 6.54 Å². The van der Waals surface area contributed by atoms with Crippen molar-refractivity contribution in [1.82, 2.24) is 15.1 Å². The summed E-state index contributed by atoms with van der Waals surface area (Å²) in [7, 11) is 0. The lowest BCUT2D eigenvalue weighted by molar-refractivity contribution is 0.444. The van der Waals surface area contributed by atoms with Crippen molar-refractivity contribution in [3.63, 3.8) is 0 Å². The minimum absolute atomic E-state index is 0.461. The van der Waals surface area contributed by atoms with Gasteiger partial charge in [0.1, 0.15) is 0 Å². The van der Waals surface area contributed by atoms with E-state index in [9.17, 15) is 0 Å². The van der Waals surface area contributed by atoms with E-state index in [1.165, 1.54) is 0 Å². The molecule has 0 amide bonds. The van der Waals surface area contributed by atoms with Gasteiger partial charge in [-0.15, -0.1) is 0 Å². The molecule has 1 aromatic heterocycles. The highest BCUT2D eigenvalue weighted by Gasteiger charge is 2.03. The predicted molar refractivity (Wildman–Crippen MR) is 70.7 cm³/mol. The Bertz CT molecular complexity index is 329. The summed E-state index contributed by atoms with van der Waals surface area (Å²) < 4.78 is 1.92. The third-order valence-corrected chi connectivity index (χ3v) is 2.32. The van der Waals surface area contributed by atoms with Gasteiger partial charge in [-0.1, -0.05) is 20.8 Å². The summed E-state index contributed by atoms with van der Waals surface area (Å²) in [5.74, 6) is 1.53. The van der Waals surface area contributed by atoms with Crippen LogP contribution in [0, 0.1) is 11.8 Å². The molecular formula is C12H23N5. The number of aromatic nitrogens is 2. The highest BCUT2D eigenvalue weighted by Crippen LogP contribution is 1.97. The summed E-state index contributed by atoms with van der Waals surface area (Å²) in [6.45, 7) is 8.87. The first-order valence-electron chi connectivity index (χ1n) is 6.09. The zero-order chi connectivity index (χ0) is 12.7. The molecule has 0 fully saturated rings. The topological polar surface area (TPSA) is 68.2 Å². The molecule has 0 aliphatic rings. The number of nitrogens with two attached hydrogens (primary N) is 1. The third kappa shape index (κ3) is 5.94. The van der Waals surface area contributed by atoms with Crippen LogP contribution in [0.3, 0.4) is 0 Å². The number of aliphatic imine (C=N–C) groups is 1. The molecular weight excluding hydrogens is 214 g/mol. The molecule has 0 aliphatic heterocycles. The van der Waals surface area contributed by atoms with Crippen molar-refractivity contribution in [3.05, 3.63) is 18.5 Å². The molecule has 0 aromatic carbocycles. The van der Waals surface area contributed by atoms with Gasteiger partial charge in [0.15, 0.2) is 5.96 Å². The van der Waals surface area contributed by atoms with Gasteiger partial charge in [0.25, 0.3) is 0 Å². The summed E-state index contributed by atoms with van der Waals surface area (Å²) in [6, 6.07) is 1.93. The van der Waals surface area contributed by atoms with Crippen LogP contribution in [0.25, 0.3) is 0 Å². The van der Waals surface area contributed by atoms with Crippen LogP contribution in [0.2, 0.25) is 0 Å². The second-order valence-corrected chi connectivity index (χ2v) is 4.83. The number of nitrogens with one attached hydrogen (secondary N) is 1. The van der Waals surface area contributed by atoms with E-state index in [-0.39, 0.29) is 0 Å². The van der Waals surface area contributed by atoms with Crippen LogP contribution in [0.15, 0.2) is 23.5 Å². The number of hydrogen-bond acceptors (Lipinski definition) is 2. The van der Waals surface area contributed by atoms with E-state index in [1.807, 2.05) is 16.9 Å². The molecule has 5 heteroatoms. The van der Waals surface area contributed by atoms with Crippen LogP contribution in [-0.4, -0.2) is 28.8 Å². The number of guanidine groups is 1. The maximum atomic E-state index is 5.76. The Hall–Kier alpha value is -1.52. The Morgan fingerprint density at radius 3 is 2.82 bits per heavy atom. The Morgan fingerprint density at radius 2 is 2.24 bits per heavy atom. The standard InChI is InChI=1S/C12H23N5/c1-10(2)7-14-12(13)15-8-11(3)9-17-6-4-5-16-17/h4-6,10-11H,7-9H2,1-3H3,(H3,13,14,15)/t11-/m0/s1. The molecule has 0 radical (unpaired) electrons. The first-order chi connectivity index (χ1) is 8.08. The second-order valence-electron chi connectivity index (χ2n) is 4.83. The largest absolute Gasteiger partial charge is 0.370 e. The Balaban J connectivity index is 2.23. The van der Waals surface area contributed by atoms with E-state index < -0.39 is 0 Å². The molecule has 0 spiro atoms. The van der Waals surface area contributed by atoms with Crippen LogP contribution in [0.1, 0.15) is 20.8 Å². The van der Waals surface area contributed by atoms with E-state index in [0.29, 0.717) is 17.8 Å². The van der Waals surface area contributed by atoms with Gasteiger partial charge < -0.3 is 11.1 Å². The summed E-state index contributed by atoms with van der Waals surface area (Å²) in [5, 5.41) is 7.31. The Labute approximate surface area is 103 Å². The van der Waals surface area contributed by atoms with Crippen molar-refractivity contribution >= 4 is 5.96 Å². The lowest BCUT2D eigenvalue weighted by Crippen LogP contribution is -2.36. The number of rotatable bonds is 6. The van der Waals surface area contributed by atoms with E-state index in [1.54, 1.807) is 6.20 Å². The van der Waals surface area contributed by atoms with E-state index in [2.05, 4.69) is 36.2 Å².